The van der Waals surface area contributed by atoms with Crippen LogP contribution in [0.4, 0.5) is 19.3 Å². The average molecular weight is 508 g/mol. The number of rotatable bonds is 2. The topological polar surface area (TPSA) is 63.5 Å². The van der Waals surface area contributed by atoms with Crippen molar-refractivity contribution in [3.05, 3.63) is 54.2 Å². The van der Waals surface area contributed by atoms with Crippen molar-refractivity contribution in [3.8, 4) is 11.3 Å². The van der Waals surface area contributed by atoms with Crippen molar-refractivity contribution in [2.24, 2.45) is 7.05 Å². The number of hydrogen-bond donors (Lipinski definition) is 0. The van der Waals surface area contributed by atoms with Crippen molar-refractivity contribution < 1.29 is 18.3 Å². The highest BCUT2D eigenvalue weighted by Crippen LogP contribution is 2.31. The summed E-state index contributed by atoms with van der Waals surface area (Å²) in [6, 6.07) is 9.91. The molecule has 194 valence electrons. The predicted molar refractivity (Wildman–Crippen MR) is 141 cm³/mol. The van der Waals surface area contributed by atoms with Crippen molar-refractivity contribution in [2.75, 3.05) is 18.0 Å². The highest BCUT2D eigenvalue weighted by molar-refractivity contribution is 5.88. The highest BCUT2D eigenvalue weighted by atomic mass is 19.1. The Balaban J connectivity index is 1.42. The predicted octanol–water partition coefficient (Wildman–Crippen LogP) is 5.90. The van der Waals surface area contributed by atoms with Crippen LogP contribution in [0.1, 0.15) is 34.6 Å². The Morgan fingerprint density at radius 1 is 0.973 bits per heavy atom. The van der Waals surface area contributed by atoms with Crippen LogP contribution in [-0.2, 0) is 11.8 Å². The third-order valence-corrected chi connectivity index (χ3v) is 6.59. The van der Waals surface area contributed by atoms with Crippen LogP contribution in [0.2, 0.25) is 0 Å². The van der Waals surface area contributed by atoms with Gasteiger partial charge < -0.3 is 9.64 Å². The Morgan fingerprint density at radius 2 is 1.65 bits per heavy atom. The van der Waals surface area contributed by atoms with E-state index < -0.39 is 17.2 Å². The second-order valence-electron chi connectivity index (χ2n) is 10.9. The summed E-state index contributed by atoms with van der Waals surface area (Å²) in [6.07, 6.45) is 1.40. The summed E-state index contributed by atoms with van der Waals surface area (Å²) in [6.45, 7) is 10.6. The molecule has 0 bridgehead atoms. The van der Waals surface area contributed by atoms with E-state index in [9.17, 15) is 9.18 Å². The van der Waals surface area contributed by atoms with Gasteiger partial charge in [-0.3, -0.25) is 9.58 Å². The van der Waals surface area contributed by atoms with Gasteiger partial charge in [0, 0.05) is 48.4 Å². The first kappa shape index (κ1) is 24.9. The molecule has 37 heavy (non-hydrogen) atoms. The van der Waals surface area contributed by atoms with E-state index in [2.05, 4.69) is 15.0 Å². The number of halogens is 2. The molecule has 1 saturated heterocycles. The summed E-state index contributed by atoms with van der Waals surface area (Å²) in [5, 5.41) is 5.44. The van der Waals surface area contributed by atoms with E-state index in [1.54, 1.807) is 41.0 Å². The minimum Gasteiger partial charge on any atom is -0.444 e. The minimum atomic E-state index is -0.573. The lowest BCUT2D eigenvalue weighted by Crippen LogP contribution is -2.59. The van der Waals surface area contributed by atoms with Crippen LogP contribution < -0.4 is 4.90 Å². The fraction of sp³-hybridized carbons (Fsp3) is 0.393. The first-order valence-corrected chi connectivity index (χ1v) is 12.4. The van der Waals surface area contributed by atoms with Gasteiger partial charge in [-0.05, 0) is 65.0 Å². The number of aromatic nitrogens is 3. The number of amides is 1. The van der Waals surface area contributed by atoms with Crippen LogP contribution in [0.5, 0.6) is 0 Å². The average Bonchev–Trinajstić information content (AvgIpc) is 3.18. The van der Waals surface area contributed by atoms with E-state index in [0.29, 0.717) is 35.1 Å². The molecule has 1 aliphatic heterocycles. The summed E-state index contributed by atoms with van der Waals surface area (Å²) < 4.78 is 37.1. The van der Waals surface area contributed by atoms with Crippen LogP contribution in [0, 0.1) is 11.6 Å². The molecule has 5 rings (SSSR count). The number of carbonyl (C=O) groups excluding carboxylic acids is 1. The SMILES string of the molecule is C[C@@H]1CN(c2cc(F)c3nc(-c4cc(F)c5nn(C)cc5c4)ccc3c2)C[C@H](C)N1C(=O)OC(C)(C)C. The van der Waals surface area contributed by atoms with Crippen LogP contribution in [0.25, 0.3) is 33.1 Å². The zero-order valence-electron chi connectivity index (χ0n) is 21.9. The molecule has 0 spiro atoms. The van der Waals surface area contributed by atoms with Gasteiger partial charge in [0.05, 0.1) is 17.8 Å². The van der Waals surface area contributed by atoms with E-state index in [1.807, 2.05) is 40.7 Å². The van der Waals surface area contributed by atoms with Gasteiger partial charge in [0.2, 0.25) is 0 Å². The summed E-state index contributed by atoms with van der Waals surface area (Å²) in [5.41, 5.74) is 1.71. The van der Waals surface area contributed by atoms with Crippen LogP contribution >= 0.6 is 0 Å². The van der Waals surface area contributed by atoms with Gasteiger partial charge in [-0.15, -0.1) is 0 Å². The summed E-state index contributed by atoms with van der Waals surface area (Å²) in [7, 11) is 1.74. The van der Waals surface area contributed by atoms with Crippen molar-refractivity contribution in [3.63, 3.8) is 0 Å². The normalized spacial score (nSPS) is 18.6. The van der Waals surface area contributed by atoms with Gasteiger partial charge in [0.1, 0.15) is 16.6 Å². The maximum atomic E-state index is 15.4. The maximum Gasteiger partial charge on any atom is 0.410 e. The summed E-state index contributed by atoms with van der Waals surface area (Å²) in [5.74, 6) is -0.897. The van der Waals surface area contributed by atoms with Crippen LogP contribution in [-0.4, -0.2) is 56.5 Å². The number of aryl methyl sites for hydroxylation is 1. The Morgan fingerprint density at radius 3 is 2.32 bits per heavy atom. The molecule has 2 aromatic carbocycles. The number of fused-ring (bicyclic) bond motifs is 2. The fourth-order valence-corrected chi connectivity index (χ4v) is 5.09. The first-order chi connectivity index (χ1) is 17.4. The van der Waals surface area contributed by atoms with Crippen molar-refractivity contribution in [2.45, 2.75) is 52.3 Å². The molecule has 4 aromatic rings. The van der Waals surface area contributed by atoms with Gasteiger partial charge in [0.15, 0.2) is 11.6 Å². The van der Waals surface area contributed by atoms with Gasteiger partial charge in [-0.2, -0.15) is 5.10 Å². The smallest absolute Gasteiger partial charge is 0.410 e. The number of piperazine rings is 1. The Bertz CT molecular complexity index is 1500. The van der Waals surface area contributed by atoms with Gasteiger partial charge >= 0.3 is 6.09 Å². The molecule has 1 aliphatic rings. The summed E-state index contributed by atoms with van der Waals surface area (Å²) in [4.78, 5) is 21.1. The molecule has 0 radical (unpaired) electrons. The number of pyridine rings is 1. The highest BCUT2D eigenvalue weighted by Gasteiger charge is 2.35. The lowest BCUT2D eigenvalue weighted by atomic mass is 10.0. The van der Waals surface area contributed by atoms with E-state index in [1.165, 1.54) is 12.1 Å². The molecule has 1 fully saturated rings. The van der Waals surface area contributed by atoms with E-state index in [0.717, 1.165) is 5.69 Å². The molecule has 7 nitrogen and oxygen atoms in total. The molecule has 0 aliphatic carbocycles. The van der Waals surface area contributed by atoms with Gasteiger partial charge in [0.25, 0.3) is 0 Å². The van der Waals surface area contributed by atoms with E-state index >= 15 is 4.39 Å². The second kappa shape index (κ2) is 8.97. The largest absolute Gasteiger partial charge is 0.444 e. The van der Waals surface area contributed by atoms with E-state index in [4.69, 9.17) is 4.74 Å². The van der Waals surface area contributed by atoms with Crippen molar-refractivity contribution >= 4 is 33.6 Å². The summed E-state index contributed by atoms with van der Waals surface area (Å²) >= 11 is 0. The molecule has 0 saturated carbocycles. The molecule has 2 aromatic heterocycles. The van der Waals surface area contributed by atoms with Crippen LogP contribution in [0.15, 0.2) is 42.6 Å². The minimum absolute atomic E-state index is 0.116. The van der Waals surface area contributed by atoms with Crippen molar-refractivity contribution in [1.82, 2.24) is 19.7 Å². The quantitative estimate of drug-likeness (QED) is 0.338. The Labute approximate surface area is 214 Å². The molecule has 9 heteroatoms. The molecular weight excluding hydrogens is 476 g/mol. The number of benzene rings is 2. The lowest BCUT2D eigenvalue weighted by Gasteiger charge is -2.45. The van der Waals surface area contributed by atoms with E-state index in [-0.39, 0.29) is 29.2 Å². The van der Waals surface area contributed by atoms with Crippen LogP contribution in [0.3, 0.4) is 0 Å². The zero-order chi connectivity index (χ0) is 26.6. The number of ether oxygens (including phenoxy) is 1. The number of anilines is 1. The monoisotopic (exact) mass is 507 g/mol. The molecule has 1 amide bonds. The fourth-order valence-electron chi connectivity index (χ4n) is 5.09. The second-order valence-corrected chi connectivity index (χ2v) is 10.9. The number of nitrogens with zero attached hydrogens (tertiary/aromatic N) is 5. The lowest BCUT2D eigenvalue weighted by molar-refractivity contribution is 0.00565. The van der Waals surface area contributed by atoms with Gasteiger partial charge in [-0.1, -0.05) is 6.07 Å². The number of carbonyl (C=O) groups is 1. The number of hydrogen-bond acceptors (Lipinski definition) is 5. The zero-order valence-corrected chi connectivity index (χ0v) is 21.9. The Kier molecular flexibility index (Phi) is 6.04. The molecule has 0 unspecified atom stereocenters. The molecule has 2 atom stereocenters. The van der Waals surface area contributed by atoms with Crippen molar-refractivity contribution in [1.29, 1.82) is 0 Å². The molecular formula is C28H31F2N5O2. The molecule has 3 heterocycles. The van der Waals surface area contributed by atoms with Gasteiger partial charge in [-0.25, -0.2) is 18.6 Å². The third-order valence-electron chi connectivity index (χ3n) is 6.59. The first-order valence-electron chi connectivity index (χ1n) is 12.4. The third kappa shape index (κ3) is 4.82. The molecule has 0 N–H and O–H groups in total. The standard InChI is InChI=1S/C28H31F2N5O2/c1-16-13-34(14-17(2)35(16)27(36)37-28(3,4)5)21-10-18-7-8-24(31-25(18)23(30)12-21)19-9-20-15-33(6)32-26(20)22(29)11-19/h7-12,15-17H,13-14H2,1-6H3/t16-,17+. The Hall–Kier alpha value is -3.75. The maximum absolute atomic E-state index is 15.4.